The van der Waals surface area contributed by atoms with Crippen molar-refractivity contribution in [3.05, 3.63) is 215 Å². The van der Waals surface area contributed by atoms with Crippen molar-refractivity contribution in [3.8, 4) is 34.5 Å². The maximum absolute atomic E-state index is 11.7. The summed E-state index contributed by atoms with van der Waals surface area (Å²) in [5.74, 6) is 7.98. The van der Waals surface area contributed by atoms with Crippen LogP contribution in [0.1, 0.15) is 445 Å². The molecule has 0 amide bonds. The molecule has 2 aliphatic carbocycles. The molecule has 0 aromatic heterocycles. The fraction of sp³-hybridized carbons (Fsp3) is 0.613. The molecule has 7 aromatic rings. The number of hydrogen-bond donors (Lipinski definition) is 3. The van der Waals surface area contributed by atoms with Crippen molar-refractivity contribution in [1.29, 1.82) is 0 Å². The number of benzene rings is 7. The number of phenolic OH excluding ortho intramolecular Hbond substituents is 3. The van der Waals surface area contributed by atoms with E-state index in [1.807, 2.05) is 121 Å². The van der Waals surface area contributed by atoms with Crippen LogP contribution in [0, 0.1) is 5.41 Å². The normalized spacial score (nSPS) is 13.4. The molecule has 122 heavy (non-hydrogen) atoms. The molecule has 714 valence electrons. The van der Waals surface area contributed by atoms with Gasteiger partial charge in [-0.15, -0.1) is 0 Å². The highest BCUT2D eigenvalue weighted by molar-refractivity contribution is 5.76. The van der Waals surface area contributed by atoms with E-state index < -0.39 is 0 Å². The Morgan fingerprint density at radius 1 is 0.320 bits per heavy atom. The van der Waals surface area contributed by atoms with E-state index in [2.05, 4.69) is 164 Å². The summed E-state index contributed by atoms with van der Waals surface area (Å²) in [6.45, 7) is 46.3. The highest BCUT2D eigenvalue weighted by Gasteiger charge is 2.30. The SMILES string of the molecule is C.C.C.C.C.C.C.C.C.C.C.C.C.C.CCC(C)(C)C(=O)OC1CCCCC1.CCC(C)c1ccc(O)cc1.CCC(C)c1ccc(O)cc1.CCC(C)c1ccc(O)cc1.CCC(C)c1ccc(OCOC2CCCCC2)cc1.CCC(C)c1ccccc1.CCOC(C)Oc1ccc(C(C)CC)cc1.CCOC(C)Oc1ccc(C(C)CC)cc1. The van der Waals surface area contributed by atoms with Crippen molar-refractivity contribution in [2.45, 2.75) is 431 Å². The first kappa shape index (κ1) is 143. The van der Waals surface area contributed by atoms with Crippen LogP contribution in [0.25, 0.3) is 0 Å². The Morgan fingerprint density at radius 3 is 0.787 bits per heavy atom. The first-order valence-electron chi connectivity index (χ1n) is 41.5. The van der Waals surface area contributed by atoms with Crippen LogP contribution in [-0.4, -0.2) is 66.1 Å². The molecule has 7 aromatic carbocycles. The van der Waals surface area contributed by atoms with Gasteiger partial charge in [-0.05, 0) is 285 Å². The fourth-order valence-corrected chi connectivity index (χ4v) is 11.5. The fourth-order valence-electron chi connectivity index (χ4n) is 11.5. The maximum Gasteiger partial charge on any atom is 0.311 e. The van der Waals surface area contributed by atoms with Gasteiger partial charge in [0.25, 0.3) is 0 Å². The summed E-state index contributed by atoms with van der Waals surface area (Å²) in [4.78, 5) is 11.7. The van der Waals surface area contributed by atoms with Crippen molar-refractivity contribution in [2.24, 2.45) is 5.41 Å². The van der Waals surface area contributed by atoms with Crippen LogP contribution >= 0.6 is 0 Å². The van der Waals surface area contributed by atoms with E-state index in [9.17, 15) is 4.79 Å². The van der Waals surface area contributed by atoms with E-state index in [1.54, 1.807) is 36.4 Å². The molecule has 2 fully saturated rings. The van der Waals surface area contributed by atoms with Crippen LogP contribution in [0.4, 0.5) is 0 Å². The Kier molecular flexibility index (Phi) is 99.3. The van der Waals surface area contributed by atoms with Crippen molar-refractivity contribution in [1.82, 2.24) is 0 Å². The number of aromatic hydroxyl groups is 3. The Morgan fingerprint density at radius 2 is 0.549 bits per heavy atom. The van der Waals surface area contributed by atoms with Crippen molar-refractivity contribution in [2.75, 3.05) is 20.0 Å². The minimum Gasteiger partial charge on any atom is -0.508 e. The molecule has 9 atom stereocenters. The summed E-state index contributed by atoms with van der Waals surface area (Å²) in [6, 6.07) is 57.9. The van der Waals surface area contributed by atoms with E-state index in [0.29, 0.717) is 84.8 Å². The van der Waals surface area contributed by atoms with Crippen LogP contribution in [0.3, 0.4) is 0 Å². The molecule has 0 radical (unpaired) electrons. The summed E-state index contributed by atoms with van der Waals surface area (Å²) >= 11 is 0. The molecule has 3 N–H and O–H groups in total. The maximum atomic E-state index is 11.7. The molecule has 0 heterocycles. The van der Waals surface area contributed by atoms with Gasteiger partial charge in [0.05, 0.1) is 11.5 Å². The van der Waals surface area contributed by atoms with Gasteiger partial charge in [0, 0.05) is 13.2 Å². The number of rotatable bonds is 29. The van der Waals surface area contributed by atoms with Crippen LogP contribution in [0.5, 0.6) is 34.5 Å². The molecule has 11 nitrogen and oxygen atoms in total. The van der Waals surface area contributed by atoms with Crippen LogP contribution < -0.4 is 14.2 Å². The summed E-state index contributed by atoms with van der Waals surface area (Å²) < 4.78 is 38.8. The smallest absolute Gasteiger partial charge is 0.311 e. The average molecular weight is 1710 g/mol. The molecular weight excluding hydrogens is 1510 g/mol. The Bertz CT molecular complexity index is 3080. The standard InChI is InChI=1S/C17H26O2.2C14H22O2.C12H22O2.3C10H14O.C10H14.14CH4/c1-3-14(2)15-9-11-17(12-10-15)19-13-18-16-7-5-4-6-8-16;2*1-5-11(3)13-7-9-14(10-8-13)16-12(4)15-6-2;1-4-12(2,3)11(13)14-10-8-6-5-7-9-10;3*1-3-8(2)9-4-6-10(11)7-5-9;1-3-9(2)10-7-5-4-6-8-10;;;;;;;;;;;;;;/h9-12,14,16H,3-8,13H2,1-2H3;2*7-12H,5-6H2,1-4H3;10H,4-9H2,1-3H3;3*4-8,11H,3H2,1-2H3;4-9H,3H2,1-2H3;14*1H4. The zero-order valence-electron chi connectivity index (χ0n) is 71.1. The molecule has 2 aliphatic rings. The molecule has 2 saturated carbocycles. The lowest BCUT2D eigenvalue weighted by Crippen LogP contribution is -2.31. The average Bonchev–Trinajstić information content (AvgIpc) is 0.951. The molecular formula is C111H204O11. The van der Waals surface area contributed by atoms with Gasteiger partial charge in [-0.2, -0.15) is 0 Å². The highest BCUT2D eigenvalue weighted by atomic mass is 16.7. The second-order valence-corrected chi connectivity index (χ2v) is 29.9. The zero-order valence-corrected chi connectivity index (χ0v) is 71.1. The molecule has 0 saturated heterocycles. The number of esters is 1. The Balaban J connectivity index is -0.000000100. The number of carbonyl (C=O) groups is 1. The van der Waals surface area contributed by atoms with E-state index in [0.717, 1.165) is 68.6 Å². The third-order valence-electron chi connectivity index (χ3n) is 21.1. The van der Waals surface area contributed by atoms with Gasteiger partial charge >= 0.3 is 5.97 Å². The Labute approximate surface area is 760 Å². The van der Waals surface area contributed by atoms with E-state index in [1.165, 1.54) is 103 Å². The second-order valence-electron chi connectivity index (χ2n) is 29.9. The van der Waals surface area contributed by atoms with Gasteiger partial charge in [0.15, 0.2) is 19.4 Å². The summed E-state index contributed by atoms with van der Waals surface area (Å²) in [7, 11) is 0. The second kappa shape index (κ2) is 84.5. The zero-order chi connectivity index (χ0) is 80.2. The molecule has 0 aliphatic heterocycles. The van der Waals surface area contributed by atoms with Gasteiger partial charge in [-0.1, -0.05) is 337 Å². The van der Waals surface area contributed by atoms with Gasteiger partial charge < -0.3 is 48.5 Å². The largest absolute Gasteiger partial charge is 0.508 e. The molecule has 9 unspecified atom stereocenters. The predicted octanol–water partition coefficient (Wildman–Crippen LogP) is 36.9. The first-order chi connectivity index (χ1) is 51.7. The third-order valence-corrected chi connectivity index (χ3v) is 21.1. The monoisotopic (exact) mass is 1710 g/mol. The number of hydrogen-bond acceptors (Lipinski definition) is 11. The van der Waals surface area contributed by atoms with Gasteiger partial charge in [0.2, 0.25) is 0 Å². The van der Waals surface area contributed by atoms with Crippen LogP contribution in [-0.2, 0) is 23.7 Å². The highest BCUT2D eigenvalue weighted by Crippen LogP contribution is 2.30. The van der Waals surface area contributed by atoms with Crippen molar-refractivity contribution < 1.29 is 53.3 Å². The molecule has 0 bridgehead atoms. The van der Waals surface area contributed by atoms with Gasteiger partial charge in [-0.25, -0.2) is 0 Å². The van der Waals surface area contributed by atoms with Crippen molar-refractivity contribution >= 4 is 5.97 Å². The van der Waals surface area contributed by atoms with E-state index in [-0.39, 0.29) is 134 Å². The molecule has 9 rings (SSSR count). The lowest BCUT2D eigenvalue weighted by molar-refractivity contribution is -0.161. The minimum atomic E-state index is -0.308. The van der Waals surface area contributed by atoms with E-state index >= 15 is 0 Å². The Hall–Kier alpha value is -7.31. The minimum absolute atomic E-state index is 0. The van der Waals surface area contributed by atoms with Gasteiger partial charge in [-0.3, -0.25) is 4.79 Å². The summed E-state index contributed by atoms with van der Waals surface area (Å²) in [6.07, 6.45) is 21.4. The summed E-state index contributed by atoms with van der Waals surface area (Å²) in [5.41, 5.74) is 9.13. The van der Waals surface area contributed by atoms with Crippen molar-refractivity contribution in [3.63, 3.8) is 0 Å². The quantitative estimate of drug-likeness (QED) is 0.0305. The van der Waals surface area contributed by atoms with Crippen LogP contribution in [0.2, 0.25) is 0 Å². The molecule has 11 heteroatoms. The van der Waals surface area contributed by atoms with E-state index in [4.69, 9.17) is 48.5 Å². The van der Waals surface area contributed by atoms with Gasteiger partial charge in [0.1, 0.15) is 40.6 Å². The van der Waals surface area contributed by atoms with Crippen LogP contribution in [0.15, 0.2) is 176 Å². The number of ether oxygens (including phenoxy) is 7. The predicted molar refractivity (Wildman–Crippen MR) is 549 cm³/mol. The first-order valence-corrected chi connectivity index (χ1v) is 41.5. The topological polar surface area (TPSA) is 142 Å². The summed E-state index contributed by atoms with van der Waals surface area (Å²) in [5, 5.41) is 27.0. The third kappa shape index (κ3) is 61.1. The lowest BCUT2D eigenvalue weighted by Gasteiger charge is -2.27. The molecule has 0 spiro atoms. The number of carbonyl (C=O) groups excluding carboxylic acids is 1. The number of phenols is 3. The lowest BCUT2D eigenvalue weighted by atomic mass is 9.90.